The van der Waals surface area contributed by atoms with Gasteiger partial charge in [-0.1, -0.05) is 24.6 Å². The molecule has 1 saturated heterocycles. The first-order chi connectivity index (χ1) is 17.7. The molecule has 0 spiro atoms. The lowest BCUT2D eigenvalue weighted by Gasteiger charge is -2.35. The van der Waals surface area contributed by atoms with Crippen molar-refractivity contribution in [2.75, 3.05) is 27.3 Å². The minimum Gasteiger partial charge on any atom is -0.467 e. The van der Waals surface area contributed by atoms with Crippen LogP contribution in [-0.2, 0) is 33.4 Å². The van der Waals surface area contributed by atoms with Crippen LogP contribution < -0.4 is 0 Å². The molecule has 2 amide bonds. The third kappa shape index (κ3) is 7.05. The highest BCUT2D eigenvalue weighted by Gasteiger charge is 2.48. The van der Waals surface area contributed by atoms with Crippen LogP contribution in [0.15, 0.2) is 29.2 Å². The van der Waals surface area contributed by atoms with Crippen molar-refractivity contribution in [3.8, 4) is 0 Å². The number of esters is 1. The second-order valence-corrected chi connectivity index (χ2v) is 12.9. The Morgan fingerprint density at radius 3 is 2.24 bits per heavy atom. The van der Waals surface area contributed by atoms with Crippen molar-refractivity contribution in [1.29, 1.82) is 0 Å². The number of aryl methyl sites for hydroxylation is 1. The number of hydrogen-bond acceptors (Lipinski definition) is 8. The summed E-state index contributed by atoms with van der Waals surface area (Å²) in [4.78, 5) is 42.2. The SMILES string of the molecule is COC(=O)[C@H]([C@H](C)C1CC1)N(C)C(=O)[C@H]1CCN(C(=O)OC(C)(C)C)[C@@H]1COS(=O)(=O)c1ccc(C)cc1. The average Bonchev–Trinajstić information content (AvgIpc) is 3.60. The van der Waals surface area contributed by atoms with E-state index in [1.54, 1.807) is 40.0 Å². The van der Waals surface area contributed by atoms with Crippen molar-refractivity contribution in [3.63, 3.8) is 0 Å². The van der Waals surface area contributed by atoms with Crippen LogP contribution in [-0.4, -0.2) is 81.2 Å². The second kappa shape index (κ2) is 11.6. The van der Waals surface area contributed by atoms with Crippen LogP contribution >= 0.6 is 0 Å². The quantitative estimate of drug-likeness (QED) is 0.338. The van der Waals surface area contributed by atoms with E-state index >= 15 is 0 Å². The zero-order valence-electron chi connectivity index (χ0n) is 23.3. The number of benzene rings is 1. The fourth-order valence-electron chi connectivity index (χ4n) is 4.95. The van der Waals surface area contributed by atoms with E-state index in [2.05, 4.69) is 0 Å². The molecule has 1 heterocycles. The molecule has 0 unspecified atom stereocenters. The number of rotatable bonds is 9. The van der Waals surface area contributed by atoms with Crippen LogP contribution in [0, 0.1) is 24.7 Å². The number of nitrogens with zero attached hydrogens (tertiary/aromatic N) is 2. The Labute approximate surface area is 225 Å². The lowest BCUT2D eigenvalue weighted by molar-refractivity contribution is -0.156. The molecule has 11 heteroatoms. The highest BCUT2D eigenvalue weighted by atomic mass is 32.2. The lowest BCUT2D eigenvalue weighted by atomic mass is 9.92. The van der Waals surface area contributed by atoms with Crippen LogP contribution in [0.2, 0.25) is 0 Å². The van der Waals surface area contributed by atoms with Gasteiger partial charge in [-0.3, -0.25) is 8.98 Å². The van der Waals surface area contributed by atoms with Gasteiger partial charge >= 0.3 is 12.1 Å². The fourth-order valence-corrected chi connectivity index (χ4v) is 5.88. The first-order valence-corrected chi connectivity index (χ1v) is 14.4. The minimum absolute atomic E-state index is 0.0195. The molecule has 2 fully saturated rings. The monoisotopic (exact) mass is 552 g/mol. The Hall–Kier alpha value is -2.66. The van der Waals surface area contributed by atoms with E-state index < -0.39 is 52.4 Å². The fraction of sp³-hybridized carbons (Fsp3) is 0.667. The van der Waals surface area contributed by atoms with Gasteiger partial charge in [0.05, 0.1) is 30.6 Å². The highest BCUT2D eigenvalue weighted by Crippen LogP contribution is 2.40. The van der Waals surface area contributed by atoms with Crippen molar-refractivity contribution >= 4 is 28.1 Å². The Bertz CT molecular complexity index is 1120. The number of hydrogen-bond donors (Lipinski definition) is 0. The number of likely N-dealkylation sites (tertiary alicyclic amines) is 1. The summed E-state index contributed by atoms with van der Waals surface area (Å²) in [7, 11) is -1.30. The summed E-state index contributed by atoms with van der Waals surface area (Å²) in [6.07, 6.45) is 1.58. The molecule has 3 rings (SSSR count). The van der Waals surface area contributed by atoms with Crippen molar-refractivity contribution < 1.29 is 36.5 Å². The number of amides is 2. The lowest BCUT2D eigenvalue weighted by Crippen LogP contribution is -2.52. The van der Waals surface area contributed by atoms with Crippen LogP contribution in [0.3, 0.4) is 0 Å². The molecule has 212 valence electrons. The molecule has 1 aromatic carbocycles. The molecule has 1 aliphatic heterocycles. The first kappa shape index (κ1) is 29.9. The predicted octanol–water partition coefficient (Wildman–Crippen LogP) is 3.37. The molecule has 0 N–H and O–H groups in total. The Kier molecular flexibility index (Phi) is 9.13. The van der Waals surface area contributed by atoms with Gasteiger partial charge in [-0.2, -0.15) is 8.42 Å². The van der Waals surface area contributed by atoms with Gasteiger partial charge in [0.2, 0.25) is 5.91 Å². The zero-order valence-corrected chi connectivity index (χ0v) is 24.1. The molecular weight excluding hydrogens is 512 g/mol. The maximum absolute atomic E-state index is 13.8. The van der Waals surface area contributed by atoms with Gasteiger partial charge in [0, 0.05) is 13.6 Å². The summed E-state index contributed by atoms with van der Waals surface area (Å²) in [6.45, 7) is 8.70. The third-order valence-corrected chi connectivity index (χ3v) is 8.56. The minimum atomic E-state index is -4.15. The zero-order chi connectivity index (χ0) is 28.4. The van der Waals surface area contributed by atoms with Gasteiger partial charge in [-0.05, 0) is 70.9 Å². The normalized spacial score (nSPS) is 21.5. The predicted molar refractivity (Wildman–Crippen MR) is 140 cm³/mol. The van der Waals surface area contributed by atoms with Gasteiger partial charge in [-0.25, -0.2) is 9.59 Å². The van der Waals surface area contributed by atoms with E-state index in [0.29, 0.717) is 5.92 Å². The Balaban J connectivity index is 1.86. The summed E-state index contributed by atoms with van der Waals surface area (Å²) in [5.41, 5.74) is 0.107. The standard InChI is InChI=1S/C27H40N2O8S/c1-17-8-12-20(13-9-17)38(33,34)36-16-22-21(14-15-29(22)26(32)37-27(3,4)5)24(30)28(6)23(25(31)35-7)18(2)19-10-11-19/h8-9,12-13,18-19,21-23H,10-11,14-16H2,1-7H3/t18-,21+,22-,23+/m1/s1. The average molecular weight is 553 g/mol. The maximum Gasteiger partial charge on any atom is 0.410 e. The van der Waals surface area contributed by atoms with Gasteiger partial charge in [-0.15, -0.1) is 0 Å². The third-order valence-electron chi connectivity index (χ3n) is 7.27. The molecular formula is C27H40N2O8S. The van der Waals surface area contributed by atoms with Crippen LogP contribution in [0.25, 0.3) is 0 Å². The molecule has 10 nitrogen and oxygen atoms in total. The summed E-state index contributed by atoms with van der Waals surface area (Å²) < 4.78 is 41.8. The van der Waals surface area contributed by atoms with E-state index in [4.69, 9.17) is 13.7 Å². The molecule has 1 saturated carbocycles. The number of ether oxygens (including phenoxy) is 2. The van der Waals surface area contributed by atoms with Crippen molar-refractivity contribution in [2.24, 2.45) is 17.8 Å². The van der Waals surface area contributed by atoms with Crippen LogP contribution in [0.1, 0.15) is 52.5 Å². The molecule has 38 heavy (non-hydrogen) atoms. The van der Waals surface area contributed by atoms with Gasteiger partial charge < -0.3 is 19.3 Å². The van der Waals surface area contributed by atoms with Gasteiger partial charge in [0.25, 0.3) is 10.1 Å². The number of methoxy groups -OCH3 is 1. The van der Waals surface area contributed by atoms with E-state index in [1.807, 2.05) is 13.8 Å². The number of carbonyl (C=O) groups is 3. The molecule has 0 radical (unpaired) electrons. The molecule has 0 bridgehead atoms. The summed E-state index contributed by atoms with van der Waals surface area (Å²) in [5, 5.41) is 0. The molecule has 2 aliphatic rings. The molecule has 4 atom stereocenters. The van der Waals surface area contributed by atoms with Crippen molar-refractivity contribution in [2.45, 2.75) is 76.5 Å². The topological polar surface area (TPSA) is 120 Å². The largest absolute Gasteiger partial charge is 0.467 e. The summed E-state index contributed by atoms with van der Waals surface area (Å²) >= 11 is 0. The van der Waals surface area contributed by atoms with Crippen molar-refractivity contribution in [1.82, 2.24) is 9.80 Å². The van der Waals surface area contributed by atoms with Crippen LogP contribution in [0.4, 0.5) is 4.79 Å². The first-order valence-electron chi connectivity index (χ1n) is 13.0. The number of likely N-dealkylation sites (N-methyl/N-ethyl adjacent to an activating group) is 1. The smallest absolute Gasteiger partial charge is 0.410 e. The van der Waals surface area contributed by atoms with Crippen LogP contribution in [0.5, 0.6) is 0 Å². The van der Waals surface area contributed by atoms with E-state index in [0.717, 1.165) is 18.4 Å². The molecule has 1 aliphatic carbocycles. The Morgan fingerprint density at radius 2 is 1.71 bits per heavy atom. The van der Waals surface area contributed by atoms with Gasteiger partial charge in [0.1, 0.15) is 11.6 Å². The summed E-state index contributed by atoms with van der Waals surface area (Å²) in [6, 6.07) is 4.52. The van der Waals surface area contributed by atoms with E-state index in [1.165, 1.54) is 29.0 Å². The van der Waals surface area contributed by atoms with Gasteiger partial charge in [0.15, 0.2) is 0 Å². The van der Waals surface area contributed by atoms with E-state index in [9.17, 15) is 22.8 Å². The van der Waals surface area contributed by atoms with Crippen molar-refractivity contribution in [3.05, 3.63) is 29.8 Å². The second-order valence-electron chi connectivity index (χ2n) is 11.3. The maximum atomic E-state index is 13.8. The number of carbonyl (C=O) groups excluding carboxylic acids is 3. The molecule has 1 aromatic rings. The highest BCUT2D eigenvalue weighted by molar-refractivity contribution is 7.86. The Morgan fingerprint density at radius 1 is 1.11 bits per heavy atom. The summed E-state index contributed by atoms with van der Waals surface area (Å²) in [5.74, 6) is -1.44. The molecule has 0 aromatic heterocycles. The van der Waals surface area contributed by atoms with E-state index in [-0.39, 0.29) is 29.7 Å².